The van der Waals surface area contributed by atoms with E-state index >= 15 is 0 Å². The van der Waals surface area contributed by atoms with Gasteiger partial charge in [-0.2, -0.15) is 0 Å². The van der Waals surface area contributed by atoms with E-state index in [2.05, 4.69) is 16.9 Å². The van der Waals surface area contributed by atoms with Crippen LogP contribution < -0.4 is 10.1 Å². The lowest BCUT2D eigenvalue weighted by Crippen LogP contribution is -2.35. The number of ether oxygens (including phenoxy) is 2. The van der Waals surface area contributed by atoms with Crippen LogP contribution in [0.4, 0.5) is 0 Å². The Morgan fingerprint density at radius 3 is 2.92 bits per heavy atom. The highest BCUT2D eigenvalue weighted by Gasteiger charge is 2.18. The molecule has 0 aliphatic carbocycles. The van der Waals surface area contributed by atoms with E-state index in [1.165, 1.54) is 6.92 Å². The molecular weight excluding hydrogens is 340 g/mol. The Labute approximate surface area is 150 Å². The van der Waals surface area contributed by atoms with Gasteiger partial charge in [0.25, 0.3) is 5.91 Å². The summed E-state index contributed by atoms with van der Waals surface area (Å²) in [4.78, 5) is 28.2. The Hall–Kier alpha value is -2.67. The van der Waals surface area contributed by atoms with Gasteiger partial charge in [-0.3, -0.25) is 4.79 Å². The largest absolute Gasteiger partial charge is 0.487 e. The van der Waals surface area contributed by atoms with Gasteiger partial charge in [0, 0.05) is 11.9 Å². The smallest absolute Gasteiger partial charge is 0.339 e. The zero-order valence-electron chi connectivity index (χ0n) is 14.2. The van der Waals surface area contributed by atoms with Crippen LogP contribution in [0.25, 0.3) is 0 Å². The summed E-state index contributed by atoms with van der Waals surface area (Å²) in [5.41, 5.74) is 1.15. The fourth-order valence-electron chi connectivity index (χ4n) is 1.94. The first-order valence-corrected chi connectivity index (χ1v) is 8.61. The Morgan fingerprint density at radius 1 is 1.44 bits per heavy atom. The number of rotatable bonds is 8. The van der Waals surface area contributed by atoms with Crippen molar-refractivity contribution >= 4 is 23.2 Å². The number of aromatic nitrogens is 1. The van der Waals surface area contributed by atoms with Gasteiger partial charge in [0.2, 0.25) is 0 Å². The number of carbonyl (C=O) groups is 2. The molecule has 0 radical (unpaired) electrons. The monoisotopic (exact) mass is 360 g/mol. The molecule has 0 spiro atoms. The number of benzene rings is 1. The molecule has 0 saturated carbocycles. The van der Waals surface area contributed by atoms with Gasteiger partial charge in [0.1, 0.15) is 12.4 Å². The Kier molecular flexibility index (Phi) is 6.71. The van der Waals surface area contributed by atoms with Crippen molar-refractivity contribution in [2.45, 2.75) is 26.6 Å². The van der Waals surface area contributed by atoms with Crippen molar-refractivity contribution < 1.29 is 19.1 Å². The lowest BCUT2D eigenvalue weighted by molar-refractivity contribution is -0.128. The van der Waals surface area contributed by atoms with Crippen molar-refractivity contribution in [1.82, 2.24) is 10.3 Å². The van der Waals surface area contributed by atoms with E-state index < -0.39 is 12.1 Å². The predicted molar refractivity (Wildman–Crippen MR) is 95.7 cm³/mol. The third kappa shape index (κ3) is 5.72. The number of thiazole rings is 1. The maximum Gasteiger partial charge on any atom is 0.339 e. The summed E-state index contributed by atoms with van der Waals surface area (Å²) in [6.45, 7) is 7.60. The van der Waals surface area contributed by atoms with Crippen LogP contribution in [0.1, 0.15) is 28.0 Å². The molecule has 7 heteroatoms. The van der Waals surface area contributed by atoms with Gasteiger partial charge < -0.3 is 14.8 Å². The SMILES string of the molecule is C=CCNC(=O)C(C)OC(=O)c1cccc(OCc2csc(C)n2)c1. The number of nitrogens with zero attached hydrogens (tertiary/aromatic N) is 1. The highest BCUT2D eigenvalue weighted by Crippen LogP contribution is 2.17. The minimum Gasteiger partial charge on any atom is -0.487 e. The van der Waals surface area contributed by atoms with Crippen LogP contribution >= 0.6 is 11.3 Å². The molecule has 25 heavy (non-hydrogen) atoms. The maximum absolute atomic E-state index is 12.2. The van der Waals surface area contributed by atoms with E-state index in [4.69, 9.17) is 9.47 Å². The molecule has 1 heterocycles. The first kappa shape index (κ1) is 18.7. The summed E-state index contributed by atoms with van der Waals surface area (Å²) in [6.07, 6.45) is 0.659. The molecule has 1 atom stereocenters. The summed E-state index contributed by atoms with van der Waals surface area (Å²) < 4.78 is 10.8. The van der Waals surface area contributed by atoms with Crippen LogP contribution in [0.3, 0.4) is 0 Å². The standard InChI is InChI=1S/C18H20N2O4S/c1-4-8-19-17(21)12(2)24-18(22)14-6-5-7-16(9-14)23-10-15-11-25-13(3)20-15/h4-7,9,11-12H,1,8,10H2,2-3H3,(H,19,21). The number of hydrogen-bond donors (Lipinski definition) is 1. The van der Waals surface area contributed by atoms with Crippen molar-refractivity contribution in [3.63, 3.8) is 0 Å². The average molecular weight is 360 g/mol. The van der Waals surface area contributed by atoms with E-state index in [1.54, 1.807) is 41.7 Å². The highest BCUT2D eigenvalue weighted by atomic mass is 32.1. The van der Waals surface area contributed by atoms with Gasteiger partial charge in [0.15, 0.2) is 6.10 Å². The average Bonchev–Trinajstić information content (AvgIpc) is 3.03. The van der Waals surface area contributed by atoms with Gasteiger partial charge >= 0.3 is 5.97 Å². The number of hydrogen-bond acceptors (Lipinski definition) is 6. The quantitative estimate of drug-likeness (QED) is 0.578. The summed E-state index contributed by atoms with van der Waals surface area (Å²) in [5.74, 6) is -0.431. The lowest BCUT2D eigenvalue weighted by atomic mass is 10.2. The van der Waals surface area contributed by atoms with E-state index in [1.807, 2.05) is 12.3 Å². The fraction of sp³-hybridized carbons (Fsp3) is 0.278. The molecular formula is C18H20N2O4S. The third-order valence-corrected chi connectivity index (χ3v) is 4.02. The number of amides is 1. The molecule has 2 rings (SSSR count). The predicted octanol–water partition coefficient (Wildman–Crippen LogP) is 2.88. The maximum atomic E-state index is 12.2. The van der Waals surface area contributed by atoms with Gasteiger partial charge in [-0.15, -0.1) is 17.9 Å². The van der Waals surface area contributed by atoms with Crippen molar-refractivity contribution in [1.29, 1.82) is 0 Å². The van der Waals surface area contributed by atoms with Crippen molar-refractivity contribution in [3.8, 4) is 5.75 Å². The highest BCUT2D eigenvalue weighted by molar-refractivity contribution is 7.09. The second-order valence-electron chi connectivity index (χ2n) is 5.26. The molecule has 0 saturated heterocycles. The zero-order valence-corrected chi connectivity index (χ0v) is 15.0. The Bertz CT molecular complexity index is 757. The summed E-state index contributed by atoms with van der Waals surface area (Å²) >= 11 is 1.55. The van der Waals surface area contributed by atoms with Crippen LogP contribution in [0, 0.1) is 6.92 Å². The molecule has 132 valence electrons. The molecule has 0 fully saturated rings. The first-order valence-electron chi connectivity index (χ1n) is 7.73. The molecule has 2 aromatic rings. The number of carbonyl (C=O) groups excluding carboxylic acids is 2. The summed E-state index contributed by atoms with van der Waals surface area (Å²) in [5, 5.41) is 5.48. The summed E-state index contributed by atoms with van der Waals surface area (Å²) in [7, 11) is 0. The Balaban J connectivity index is 1.93. The van der Waals surface area contributed by atoms with Crippen molar-refractivity contribution in [2.24, 2.45) is 0 Å². The number of esters is 1. The van der Waals surface area contributed by atoms with Crippen LogP contribution in [-0.2, 0) is 16.1 Å². The van der Waals surface area contributed by atoms with Gasteiger partial charge in [-0.25, -0.2) is 9.78 Å². The van der Waals surface area contributed by atoms with Crippen molar-refractivity contribution in [2.75, 3.05) is 6.54 Å². The molecule has 0 aliphatic heterocycles. The second kappa shape index (κ2) is 8.98. The van der Waals surface area contributed by atoms with E-state index in [0.717, 1.165) is 10.7 Å². The molecule has 1 aromatic heterocycles. The third-order valence-electron chi connectivity index (χ3n) is 3.20. The topological polar surface area (TPSA) is 77.5 Å². The fourth-order valence-corrected chi connectivity index (χ4v) is 2.54. The number of aryl methyl sites for hydroxylation is 1. The minimum absolute atomic E-state index is 0.315. The Morgan fingerprint density at radius 2 is 2.24 bits per heavy atom. The van der Waals surface area contributed by atoms with E-state index in [-0.39, 0.29) is 5.91 Å². The van der Waals surface area contributed by atoms with Gasteiger partial charge in [0.05, 0.1) is 16.3 Å². The van der Waals surface area contributed by atoms with Gasteiger partial charge in [-0.05, 0) is 32.0 Å². The number of nitrogens with one attached hydrogen (secondary N) is 1. The van der Waals surface area contributed by atoms with E-state index in [9.17, 15) is 9.59 Å². The van der Waals surface area contributed by atoms with Crippen LogP contribution in [-0.4, -0.2) is 29.5 Å². The first-order chi connectivity index (χ1) is 12.0. The van der Waals surface area contributed by atoms with Crippen LogP contribution in [0.15, 0.2) is 42.3 Å². The van der Waals surface area contributed by atoms with Crippen molar-refractivity contribution in [3.05, 3.63) is 58.6 Å². The lowest BCUT2D eigenvalue weighted by Gasteiger charge is -2.13. The van der Waals surface area contributed by atoms with Crippen LogP contribution in [0.2, 0.25) is 0 Å². The molecule has 1 aromatic carbocycles. The normalized spacial score (nSPS) is 11.4. The van der Waals surface area contributed by atoms with Crippen LogP contribution in [0.5, 0.6) is 5.75 Å². The molecule has 1 amide bonds. The molecule has 0 aliphatic rings. The second-order valence-corrected chi connectivity index (χ2v) is 6.32. The molecule has 1 N–H and O–H groups in total. The molecule has 0 bridgehead atoms. The van der Waals surface area contributed by atoms with E-state index in [0.29, 0.717) is 24.5 Å². The minimum atomic E-state index is -0.894. The summed E-state index contributed by atoms with van der Waals surface area (Å²) in [6, 6.07) is 6.63. The molecule has 6 nitrogen and oxygen atoms in total. The van der Waals surface area contributed by atoms with Gasteiger partial charge in [-0.1, -0.05) is 12.1 Å². The molecule has 1 unspecified atom stereocenters. The zero-order chi connectivity index (χ0) is 18.2.